The summed E-state index contributed by atoms with van der Waals surface area (Å²) in [6.07, 6.45) is -2.96. The number of pyridine rings is 1. The van der Waals surface area contributed by atoms with Gasteiger partial charge in [0.15, 0.2) is 0 Å². The van der Waals surface area contributed by atoms with Gasteiger partial charge in [-0.25, -0.2) is 24.1 Å². The Balaban J connectivity index is 1.41. The van der Waals surface area contributed by atoms with Crippen molar-refractivity contribution < 1.29 is 31.8 Å². The highest BCUT2D eigenvalue weighted by molar-refractivity contribution is 5.79. The van der Waals surface area contributed by atoms with Gasteiger partial charge < -0.3 is 14.4 Å². The van der Waals surface area contributed by atoms with Crippen molar-refractivity contribution in [2.24, 2.45) is 0 Å². The summed E-state index contributed by atoms with van der Waals surface area (Å²) in [6, 6.07) is 4.94. The van der Waals surface area contributed by atoms with Gasteiger partial charge in [-0.05, 0) is 57.9 Å². The van der Waals surface area contributed by atoms with E-state index in [0.29, 0.717) is 34.2 Å². The first-order valence-corrected chi connectivity index (χ1v) is 15.8. The van der Waals surface area contributed by atoms with Crippen LogP contribution in [-0.4, -0.2) is 68.1 Å². The van der Waals surface area contributed by atoms with Crippen molar-refractivity contribution in [3.05, 3.63) is 70.4 Å². The summed E-state index contributed by atoms with van der Waals surface area (Å²) in [4.78, 5) is 30.4. The number of benzene rings is 1. The summed E-state index contributed by atoms with van der Waals surface area (Å²) in [6.45, 7) is 10.3. The number of amides is 1. The fourth-order valence-corrected chi connectivity index (χ4v) is 6.44. The molecule has 0 saturated carbocycles. The van der Waals surface area contributed by atoms with Crippen molar-refractivity contribution in [3.63, 3.8) is 0 Å². The number of anilines is 1. The Kier molecular flexibility index (Phi) is 8.77. The zero-order valence-corrected chi connectivity index (χ0v) is 27.6. The minimum Gasteiger partial charge on any atom is -0.481 e. The Morgan fingerprint density at radius 1 is 1.04 bits per heavy atom. The molecule has 3 aromatic heterocycles. The number of aromatic nitrogens is 5. The molecule has 0 aliphatic carbocycles. The van der Waals surface area contributed by atoms with Crippen LogP contribution in [0.15, 0.2) is 36.7 Å². The first-order valence-electron chi connectivity index (χ1n) is 15.8. The lowest BCUT2D eigenvalue weighted by Gasteiger charge is -2.34. The average Bonchev–Trinajstić information content (AvgIpc) is 3.47. The molecular formula is C34H37F4N7O3. The van der Waals surface area contributed by atoms with Crippen molar-refractivity contribution in [1.29, 1.82) is 0 Å². The maximum atomic E-state index is 13.8. The van der Waals surface area contributed by atoms with Crippen LogP contribution in [0.3, 0.4) is 0 Å². The number of aryl methyl sites for hydroxylation is 3. The van der Waals surface area contributed by atoms with Crippen molar-refractivity contribution in [2.75, 3.05) is 25.1 Å². The van der Waals surface area contributed by atoms with Crippen LogP contribution in [0.25, 0.3) is 22.3 Å². The minimum atomic E-state index is -4.55. The lowest BCUT2D eigenvalue weighted by molar-refractivity contribution is -0.137. The summed E-state index contributed by atoms with van der Waals surface area (Å²) in [7, 11) is 1.50. The van der Waals surface area contributed by atoms with E-state index < -0.39 is 36.2 Å². The van der Waals surface area contributed by atoms with Gasteiger partial charge in [0.05, 0.1) is 49.7 Å². The Labute approximate surface area is 275 Å². The lowest BCUT2D eigenvalue weighted by atomic mass is 9.97. The molecule has 0 radical (unpaired) electrons. The smallest absolute Gasteiger partial charge is 0.416 e. The van der Waals surface area contributed by atoms with Crippen LogP contribution in [0.1, 0.15) is 60.1 Å². The Morgan fingerprint density at radius 3 is 2.46 bits per heavy atom. The van der Waals surface area contributed by atoms with Crippen LogP contribution < -0.4 is 9.64 Å². The third kappa shape index (κ3) is 6.15. The fourth-order valence-electron chi connectivity index (χ4n) is 6.44. The predicted molar refractivity (Wildman–Crippen MR) is 170 cm³/mol. The number of halogens is 4. The molecule has 0 spiro atoms. The number of hydrogen-bond donors (Lipinski definition) is 0. The Morgan fingerprint density at radius 2 is 1.79 bits per heavy atom. The van der Waals surface area contributed by atoms with E-state index in [1.54, 1.807) is 37.2 Å². The van der Waals surface area contributed by atoms with Crippen molar-refractivity contribution in [2.45, 2.75) is 78.6 Å². The Bertz CT molecular complexity index is 1860. The molecular weight excluding hydrogens is 630 g/mol. The average molecular weight is 668 g/mol. The van der Waals surface area contributed by atoms with Gasteiger partial charge in [-0.2, -0.15) is 18.3 Å². The molecule has 254 valence electrons. The first-order chi connectivity index (χ1) is 22.8. The standard InChI is InChI=1S/C34H37F4N7O3/c1-7-8-45-20(4)29(19(3)42-45)23-12-26(31(47-6)39-13-23)27-14-40-32(43-15-25(35)16-43)41-28(27)17-44-21(5)30(48-33(44)46)22-9-18(2)10-24(11-22)34(36,37)38/h9-14,21,25,30H,7-8,15-17H2,1-6H3/t21-,30-/m0/s1. The molecule has 1 amide bonds. The van der Waals surface area contributed by atoms with E-state index in [0.717, 1.165) is 47.6 Å². The summed E-state index contributed by atoms with van der Waals surface area (Å²) in [5.41, 5.74) is 4.90. The van der Waals surface area contributed by atoms with Crippen molar-refractivity contribution >= 4 is 12.0 Å². The highest BCUT2D eigenvalue weighted by Gasteiger charge is 2.42. The van der Waals surface area contributed by atoms with Crippen LogP contribution in [0.4, 0.5) is 28.3 Å². The molecule has 2 fully saturated rings. The molecule has 2 atom stereocenters. The maximum Gasteiger partial charge on any atom is 0.416 e. The highest BCUT2D eigenvalue weighted by atomic mass is 19.4. The van der Waals surface area contributed by atoms with Gasteiger partial charge in [0.25, 0.3) is 0 Å². The summed E-state index contributed by atoms with van der Waals surface area (Å²) in [5.74, 6) is 0.596. The molecule has 0 unspecified atom stereocenters. The number of alkyl halides is 4. The zero-order chi connectivity index (χ0) is 34.5. The number of carbonyl (C=O) groups is 1. The maximum absolute atomic E-state index is 13.8. The van der Waals surface area contributed by atoms with Gasteiger partial charge in [-0.3, -0.25) is 9.58 Å². The third-order valence-corrected chi connectivity index (χ3v) is 8.88. The van der Waals surface area contributed by atoms with Gasteiger partial charge in [-0.15, -0.1) is 0 Å². The summed E-state index contributed by atoms with van der Waals surface area (Å²) in [5, 5.41) is 4.71. The molecule has 48 heavy (non-hydrogen) atoms. The second kappa shape index (κ2) is 12.7. The second-order valence-corrected chi connectivity index (χ2v) is 12.4. The van der Waals surface area contributed by atoms with E-state index in [9.17, 15) is 22.4 Å². The molecule has 0 bridgehead atoms. The number of ether oxygens (including phenoxy) is 2. The number of rotatable bonds is 9. The van der Waals surface area contributed by atoms with E-state index in [-0.39, 0.29) is 25.2 Å². The third-order valence-electron chi connectivity index (χ3n) is 8.88. The van der Waals surface area contributed by atoms with E-state index in [4.69, 9.17) is 19.6 Å². The topological polar surface area (TPSA) is 98.5 Å². The van der Waals surface area contributed by atoms with Crippen molar-refractivity contribution in [1.82, 2.24) is 29.6 Å². The number of nitrogens with zero attached hydrogens (tertiary/aromatic N) is 7. The largest absolute Gasteiger partial charge is 0.481 e. The lowest BCUT2D eigenvalue weighted by Crippen LogP contribution is -2.49. The number of methoxy groups -OCH3 is 1. The van der Waals surface area contributed by atoms with Gasteiger partial charge in [0.2, 0.25) is 11.8 Å². The SMILES string of the molecule is CCCn1nc(C)c(-c2cnc(OC)c(-c3cnc(N4CC(F)C4)nc3CN3C(=O)O[C@H](c4cc(C)cc(C(F)(F)F)c4)[C@@H]3C)c2)c1C. The molecule has 14 heteroatoms. The van der Waals surface area contributed by atoms with Gasteiger partial charge in [0, 0.05) is 46.9 Å². The monoisotopic (exact) mass is 667 g/mol. The van der Waals surface area contributed by atoms with E-state index in [1.165, 1.54) is 12.0 Å². The molecule has 2 aliphatic heterocycles. The molecule has 2 saturated heterocycles. The number of carbonyl (C=O) groups excluding carboxylic acids is 1. The molecule has 0 N–H and O–H groups in total. The second-order valence-electron chi connectivity index (χ2n) is 12.4. The van der Waals surface area contributed by atoms with Crippen LogP contribution in [0.5, 0.6) is 5.88 Å². The normalized spacial score (nSPS) is 18.3. The molecule has 10 nitrogen and oxygen atoms in total. The van der Waals surface area contributed by atoms with E-state index in [2.05, 4.69) is 16.9 Å². The molecule has 4 aromatic rings. The van der Waals surface area contributed by atoms with Crippen LogP contribution >= 0.6 is 0 Å². The Hall–Kier alpha value is -4.75. The molecule has 5 heterocycles. The molecule has 6 rings (SSSR count). The van der Waals surface area contributed by atoms with Crippen LogP contribution in [-0.2, 0) is 24.0 Å². The van der Waals surface area contributed by atoms with Gasteiger partial charge >= 0.3 is 12.3 Å². The fraction of sp³-hybridized carbons (Fsp3) is 0.441. The minimum absolute atomic E-state index is 0.0634. The van der Waals surface area contributed by atoms with Crippen molar-refractivity contribution in [3.8, 4) is 28.1 Å². The number of cyclic esters (lactones) is 1. The van der Waals surface area contributed by atoms with Gasteiger partial charge in [0.1, 0.15) is 12.3 Å². The van der Waals surface area contributed by atoms with E-state index >= 15 is 0 Å². The summed E-state index contributed by atoms with van der Waals surface area (Å²) < 4.78 is 68.0. The molecule has 2 aliphatic rings. The zero-order valence-electron chi connectivity index (χ0n) is 27.6. The first kappa shape index (κ1) is 33.2. The molecule has 1 aromatic carbocycles. The highest BCUT2D eigenvalue weighted by Crippen LogP contribution is 2.40. The van der Waals surface area contributed by atoms with Gasteiger partial charge in [-0.1, -0.05) is 18.6 Å². The summed E-state index contributed by atoms with van der Waals surface area (Å²) >= 11 is 0. The van der Waals surface area contributed by atoms with Crippen LogP contribution in [0.2, 0.25) is 0 Å². The quantitative estimate of drug-likeness (QED) is 0.176. The van der Waals surface area contributed by atoms with E-state index in [1.807, 2.05) is 24.6 Å². The number of hydrogen-bond acceptors (Lipinski definition) is 8. The predicted octanol–water partition coefficient (Wildman–Crippen LogP) is 7.00. The van der Waals surface area contributed by atoms with Crippen LogP contribution in [0, 0.1) is 20.8 Å².